The fourth-order valence-electron chi connectivity index (χ4n) is 2.97. The van der Waals surface area contributed by atoms with E-state index in [2.05, 4.69) is 0 Å². The van der Waals surface area contributed by atoms with Crippen LogP contribution in [0, 0.1) is 0 Å². The molecular weight excluding hydrogens is 366 g/mol. The van der Waals surface area contributed by atoms with Gasteiger partial charge in [0.15, 0.2) is 6.10 Å². The summed E-state index contributed by atoms with van der Waals surface area (Å²) >= 11 is 5.88. The summed E-state index contributed by atoms with van der Waals surface area (Å²) in [6.45, 7) is 3.35. The summed E-state index contributed by atoms with van der Waals surface area (Å²) in [4.78, 5) is 26.6. The molecule has 6 heteroatoms. The van der Waals surface area contributed by atoms with Crippen LogP contribution >= 0.6 is 11.6 Å². The molecule has 1 heterocycles. The minimum absolute atomic E-state index is 0.152. The number of carbonyl (C=O) groups is 2. The van der Waals surface area contributed by atoms with E-state index in [-0.39, 0.29) is 5.91 Å². The molecule has 27 heavy (non-hydrogen) atoms. The maximum Gasteiger partial charge on any atom is 0.342 e. The lowest BCUT2D eigenvalue weighted by Gasteiger charge is -2.20. The predicted molar refractivity (Wildman–Crippen MR) is 103 cm³/mol. The monoisotopic (exact) mass is 387 g/mol. The Labute approximate surface area is 163 Å². The van der Waals surface area contributed by atoms with E-state index in [1.165, 1.54) is 0 Å². The smallest absolute Gasteiger partial charge is 0.342 e. The van der Waals surface area contributed by atoms with Gasteiger partial charge in [-0.2, -0.15) is 0 Å². The zero-order valence-corrected chi connectivity index (χ0v) is 15.9. The number of ether oxygens (including phenoxy) is 2. The highest BCUT2D eigenvalue weighted by Gasteiger charge is 2.27. The number of para-hydroxylation sites is 1. The Balaban J connectivity index is 1.64. The Morgan fingerprint density at radius 2 is 1.74 bits per heavy atom. The van der Waals surface area contributed by atoms with Gasteiger partial charge in [0.2, 0.25) is 0 Å². The number of hydrogen-bond acceptors (Lipinski definition) is 4. The predicted octanol–water partition coefficient (Wildman–Crippen LogP) is 4.09. The fraction of sp³-hybridized carbons (Fsp3) is 0.333. The van der Waals surface area contributed by atoms with Crippen LogP contribution in [-0.4, -0.2) is 36.0 Å². The first-order chi connectivity index (χ1) is 13.0. The van der Waals surface area contributed by atoms with Crippen molar-refractivity contribution in [1.82, 2.24) is 4.90 Å². The number of halogens is 1. The molecule has 2 aromatic carbocycles. The lowest BCUT2D eigenvalue weighted by atomic mass is 10.2. The quantitative estimate of drug-likeness (QED) is 0.700. The average Bonchev–Trinajstić information content (AvgIpc) is 3.22. The van der Waals surface area contributed by atoms with Crippen LogP contribution in [0.5, 0.6) is 5.75 Å². The molecule has 3 rings (SSSR count). The van der Waals surface area contributed by atoms with E-state index in [9.17, 15) is 9.59 Å². The van der Waals surface area contributed by atoms with Crippen molar-refractivity contribution in [1.29, 1.82) is 0 Å². The van der Waals surface area contributed by atoms with Gasteiger partial charge >= 0.3 is 5.97 Å². The molecule has 0 aromatic heterocycles. The zero-order chi connectivity index (χ0) is 19.2. The number of benzene rings is 2. The number of hydrogen-bond donors (Lipinski definition) is 0. The van der Waals surface area contributed by atoms with Gasteiger partial charge in [0.1, 0.15) is 17.9 Å². The summed E-state index contributed by atoms with van der Waals surface area (Å²) in [7, 11) is 0. The molecule has 5 nitrogen and oxygen atoms in total. The van der Waals surface area contributed by atoms with Gasteiger partial charge in [-0.05, 0) is 49.6 Å². The van der Waals surface area contributed by atoms with Crippen LogP contribution in [0.4, 0.5) is 0 Å². The van der Waals surface area contributed by atoms with Gasteiger partial charge in [-0.15, -0.1) is 0 Å². The van der Waals surface area contributed by atoms with Gasteiger partial charge in [-0.25, -0.2) is 4.79 Å². The highest BCUT2D eigenvalue weighted by atomic mass is 35.5. The van der Waals surface area contributed by atoms with Gasteiger partial charge in [0.05, 0.1) is 0 Å². The Morgan fingerprint density at radius 1 is 1.07 bits per heavy atom. The van der Waals surface area contributed by atoms with Crippen molar-refractivity contribution in [3.05, 3.63) is 64.7 Å². The number of esters is 1. The van der Waals surface area contributed by atoms with Gasteiger partial charge in [0.25, 0.3) is 5.91 Å². The van der Waals surface area contributed by atoms with E-state index in [4.69, 9.17) is 21.1 Å². The Hall–Kier alpha value is -2.53. The van der Waals surface area contributed by atoms with Crippen molar-refractivity contribution >= 4 is 23.5 Å². The number of nitrogens with zero attached hydrogens (tertiary/aromatic N) is 1. The number of carbonyl (C=O) groups excluding carboxylic acids is 2. The molecule has 1 aliphatic rings. The maximum atomic E-state index is 12.6. The number of rotatable bonds is 6. The van der Waals surface area contributed by atoms with Crippen LogP contribution in [0.3, 0.4) is 0 Å². The zero-order valence-electron chi connectivity index (χ0n) is 15.2. The average molecular weight is 388 g/mol. The van der Waals surface area contributed by atoms with Gasteiger partial charge < -0.3 is 14.4 Å². The lowest BCUT2D eigenvalue weighted by Crippen LogP contribution is -2.38. The first kappa shape index (κ1) is 19.2. The summed E-state index contributed by atoms with van der Waals surface area (Å²) in [5.74, 6) is -0.305. The highest BCUT2D eigenvalue weighted by molar-refractivity contribution is 6.30. The second kappa shape index (κ2) is 8.91. The van der Waals surface area contributed by atoms with Gasteiger partial charge in [0, 0.05) is 18.1 Å². The summed E-state index contributed by atoms with van der Waals surface area (Å²) in [6.07, 6.45) is 1.17. The van der Waals surface area contributed by atoms with E-state index in [1.807, 2.05) is 12.1 Å². The van der Waals surface area contributed by atoms with Crippen LogP contribution in [0.15, 0.2) is 48.5 Å². The van der Waals surface area contributed by atoms with Crippen LogP contribution in [0.1, 0.15) is 35.7 Å². The normalized spacial score (nSPS) is 14.7. The molecule has 1 aliphatic heterocycles. The lowest BCUT2D eigenvalue weighted by molar-refractivity contribution is -0.138. The summed E-state index contributed by atoms with van der Waals surface area (Å²) in [5.41, 5.74) is 1.23. The van der Waals surface area contributed by atoms with Crippen LogP contribution in [0.2, 0.25) is 5.02 Å². The molecular formula is C21H22ClNO4. The van der Waals surface area contributed by atoms with E-state index >= 15 is 0 Å². The minimum Gasteiger partial charge on any atom is -0.488 e. The van der Waals surface area contributed by atoms with Crippen molar-refractivity contribution in [3.63, 3.8) is 0 Å². The topological polar surface area (TPSA) is 55.8 Å². The molecule has 0 radical (unpaired) electrons. The molecule has 0 spiro atoms. The highest BCUT2D eigenvalue weighted by Crippen LogP contribution is 2.22. The molecule has 0 saturated carbocycles. The SMILES string of the molecule is C[C@@H](OC(=O)c1ccccc1OCc1ccc(Cl)cc1)C(=O)N1CCCC1. The molecule has 0 aliphatic carbocycles. The molecule has 142 valence electrons. The second-order valence-electron chi connectivity index (χ2n) is 6.49. The molecule has 1 amide bonds. The standard InChI is InChI=1S/C21H22ClNO4/c1-15(20(24)23-12-4-5-13-23)27-21(25)18-6-2-3-7-19(18)26-14-16-8-10-17(22)11-9-16/h2-3,6-11,15H,4-5,12-14H2,1H3/t15-/m1/s1. The molecule has 2 aromatic rings. The van der Waals surface area contributed by atoms with Crippen LogP contribution in [-0.2, 0) is 16.1 Å². The second-order valence-corrected chi connectivity index (χ2v) is 6.93. The fourth-order valence-corrected chi connectivity index (χ4v) is 3.10. The molecule has 0 N–H and O–H groups in total. The molecule has 0 unspecified atom stereocenters. The number of amides is 1. The molecule has 1 saturated heterocycles. The Kier molecular flexibility index (Phi) is 6.35. The van der Waals surface area contributed by atoms with E-state index in [1.54, 1.807) is 48.2 Å². The van der Waals surface area contributed by atoms with Crippen LogP contribution in [0.25, 0.3) is 0 Å². The Bertz CT molecular complexity index is 800. The third-order valence-corrected chi connectivity index (χ3v) is 4.72. The molecule has 0 bridgehead atoms. The van der Waals surface area contributed by atoms with Crippen molar-refractivity contribution in [3.8, 4) is 5.75 Å². The van der Waals surface area contributed by atoms with Crippen molar-refractivity contribution in [2.24, 2.45) is 0 Å². The van der Waals surface area contributed by atoms with E-state index in [0.29, 0.717) is 22.9 Å². The van der Waals surface area contributed by atoms with Gasteiger partial charge in [-0.3, -0.25) is 4.79 Å². The maximum absolute atomic E-state index is 12.6. The third kappa shape index (κ3) is 5.01. The largest absolute Gasteiger partial charge is 0.488 e. The first-order valence-corrected chi connectivity index (χ1v) is 9.38. The summed E-state index contributed by atoms with van der Waals surface area (Å²) in [6, 6.07) is 14.1. The number of likely N-dealkylation sites (tertiary alicyclic amines) is 1. The molecule has 1 fully saturated rings. The summed E-state index contributed by atoms with van der Waals surface area (Å²) < 4.78 is 11.2. The van der Waals surface area contributed by atoms with Gasteiger partial charge in [-0.1, -0.05) is 35.9 Å². The van der Waals surface area contributed by atoms with Crippen LogP contribution < -0.4 is 4.74 Å². The minimum atomic E-state index is -0.820. The van der Waals surface area contributed by atoms with Crippen molar-refractivity contribution < 1.29 is 19.1 Å². The van der Waals surface area contributed by atoms with Crippen molar-refractivity contribution in [2.75, 3.05) is 13.1 Å². The van der Waals surface area contributed by atoms with E-state index in [0.717, 1.165) is 31.5 Å². The van der Waals surface area contributed by atoms with Crippen molar-refractivity contribution in [2.45, 2.75) is 32.5 Å². The Morgan fingerprint density at radius 3 is 2.44 bits per heavy atom. The molecule has 1 atom stereocenters. The first-order valence-electron chi connectivity index (χ1n) is 9.00. The third-order valence-electron chi connectivity index (χ3n) is 4.46. The van der Waals surface area contributed by atoms with E-state index < -0.39 is 12.1 Å². The summed E-state index contributed by atoms with van der Waals surface area (Å²) in [5, 5.41) is 0.652.